The Morgan fingerprint density at radius 3 is 2.57 bits per heavy atom. The van der Waals surface area contributed by atoms with Crippen LogP contribution in [-0.4, -0.2) is 21.8 Å². The van der Waals surface area contributed by atoms with Crippen molar-refractivity contribution in [3.8, 4) is 0 Å². The number of aryl methyl sites for hydroxylation is 2. The van der Waals surface area contributed by atoms with E-state index in [1.54, 1.807) is 32.0 Å². The van der Waals surface area contributed by atoms with Crippen molar-refractivity contribution in [1.29, 1.82) is 0 Å². The van der Waals surface area contributed by atoms with Gasteiger partial charge in [-0.3, -0.25) is 9.59 Å². The zero-order valence-electron chi connectivity index (χ0n) is 11.5. The maximum Gasteiger partial charge on any atom is 0.259 e. The van der Waals surface area contributed by atoms with Gasteiger partial charge < -0.3 is 11.1 Å². The van der Waals surface area contributed by atoms with Crippen molar-refractivity contribution in [2.45, 2.75) is 13.8 Å². The molecule has 3 N–H and O–H groups in total. The van der Waals surface area contributed by atoms with Crippen molar-refractivity contribution < 1.29 is 9.59 Å². The Balaban J connectivity index is 2.25. The van der Waals surface area contributed by atoms with Crippen molar-refractivity contribution in [2.75, 3.05) is 5.32 Å². The molecule has 0 saturated carbocycles. The second-order valence-corrected chi connectivity index (χ2v) is 5.28. The van der Waals surface area contributed by atoms with E-state index in [2.05, 4.69) is 31.2 Å². The quantitative estimate of drug-likeness (QED) is 0.888. The zero-order chi connectivity index (χ0) is 15.6. The fraction of sp³-hybridized carbons (Fsp3) is 0.143. The first-order valence-corrected chi connectivity index (χ1v) is 6.88. The Hall–Kier alpha value is -2.28. The number of anilines is 1. The molecule has 0 fully saturated rings. The summed E-state index contributed by atoms with van der Waals surface area (Å²) in [4.78, 5) is 31.5. The SMILES string of the molecule is Cc1ncc(C(=O)Nc2ccc(C(N)=O)cc2Br)c(C)n1. The minimum absolute atomic E-state index is 0.319. The predicted octanol–water partition coefficient (Wildman–Crippen LogP) is 2.21. The number of halogens is 1. The molecule has 21 heavy (non-hydrogen) atoms. The third kappa shape index (κ3) is 3.43. The van der Waals surface area contributed by atoms with Gasteiger partial charge in [-0.1, -0.05) is 0 Å². The lowest BCUT2D eigenvalue weighted by molar-refractivity contribution is 0.0998. The van der Waals surface area contributed by atoms with E-state index >= 15 is 0 Å². The van der Waals surface area contributed by atoms with E-state index in [4.69, 9.17) is 5.73 Å². The highest BCUT2D eigenvalue weighted by Gasteiger charge is 2.13. The molecular weight excluding hydrogens is 336 g/mol. The molecule has 1 aromatic carbocycles. The monoisotopic (exact) mass is 348 g/mol. The van der Waals surface area contributed by atoms with Gasteiger partial charge in [0.1, 0.15) is 5.82 Å². The van der Waals surface area contributed by atoms with Crippen LogP contribution in [0.5, 0.6) is 0 Å². The average molecular weight is 349 g/mol. The van der Waals surface area contributed by atoms with Crippen LogP contribution in [-0.2, 0) is 0 Å². The van der Waals surface area contributed by atoms with Gasteiger partial charge >= 0.3 is 0 Å². The van der Waals surface area contributed by atoms with Gasteiger partial charge in [0.25, 0.3) is 5.91 Å². The molecule has 0 aliphatic carbocycles. The Bertz CT molecular complexity index is 731. The van der Waals surface area contributed by atoms with Gasteiger partial charge in [0.2, 0.25) is 5.91 Å². The summed E-state index contributed by atoms with van der Waals surface area (Å²) in [5.41, 5.74) is 7.08. The molecule has 1 heterocycles. The van der Waals surface area contributed by atoms with Crippen molar-refractivity contribution in [1.82, 2.24) is 9.97 Å². The number of nitrogens with zero attached hydrogens (tertiary/aromatic N) is 2. The topological polar surface area (TPSA) is 98.0 Å². The first-order chi connectivity index (χ1) is 9.88. The minimum Gasteiger partial charge on any atom is -0.366 e. The van der Waals surface area contributed by atoms with Crippen LogP contribution in [0.15, 0.2) is 28.9 Å². The van der Waals surface area contributed by atoms with Crippen LogP contribution in [0, 0.1) is 13.8 Å². The number of primary amides is 1. The normalized spacial score (nSPS) is 10.2. The van der Waals surface area contributed by atoms with E-state index in [0.29, 0.717) is 32.8 Å². The van der Waals surface area contributed by atoms with Gasteiger partial charge in [0.15, 0.2) is 0 Å². The molecule has 1 aromatic heterocycles. The van der Waals surface area contributed by atoms with Crippen LogP contribution in [0.3, 0.4) is 0 Å². The summed E-state index contributed by atoms with van der Waals surface area (Å²) >= 11 is 3.29. The van der Waals surface area contributed by atoms with Crippen LogP contribution >= 0.6 is 15.9 Å². The van der Waals surface area contributed by atoms with Gasteiger partial charge in [-0.2, -0.15) is 0 Å². The molecule has 0 atom stereocenters. The average Bonchev–Trinajstić information content (AvgIpc) is 2.40. The highest BCUT2D eigenvalue weighted by molar-refractivity contribution is 9.10. The molecular formula is C14H13BrN4O2. The molecule has 6 nitrogen and oxygen atoms in total. The largest absolute Gasteiger partial charge is 0.366 e. The van der Waals surface area contributed by atoms with Crippen LogP contribution in [0.4, 0.5) is 5.69 Å². The van der Waals surface area contributed by atoms with E-state index < -0.39 is 5.91 Å². The highest BCUT2D eigenvalue weighted by atomic mass is 79.9. The number of nitrogens with two attached hydrogens (primary N) is 1. The second-order valence-electron chi connectivity index (χ2n) is 4.43. The molecule has 7 heteroatoms. The molecule has 2 rings (SSSR count). The van der Waals surface area contributed by atoms with Crippen LogP contribution in [0.25, 0.3) is 0 Å². The number of hydrogen-bond acceptors (Lipinski definition) is 4. The maximum atomic E-state index is 12.2. The molecule has 0 aliphatic rings. The molecule has 108 valence electrons. The van der Waals surface area contributed by atoms with Gasteiger partial charge in [0, 0.05) is 16.2 Å². The Kier molecular flexibility index (Phi) is 4.32. The fourth-order valence-corrected chi connectivity index (χ4v) is 2.24. The first kappa shape index (κ1) is 15.1. The first-order valence-electron chi connectivity index (χ1n) is 6.09. The summed E-state index contributed by atoms with van der Waals surface area (Å²) in [5.74, 6) is -0.243. The molecule has 0 spiro atoms. The molecule has 0 aliphatic heterocycles. The van der Waals surface area contributed by atoms with Gasteiger partial charge in [-0.05, 0) is 48.0 Å². The smallest absolute Gasteiger partial charge is 0.259 e. The minimum atomic E-state index is -0.531. The summed E-state index contributed by atoms with van der Waals surface area (Å²) in [6.07, 6.45) is 1.48. The summed E-state index contributed by atoms with van der Waals surface area (Å²) in [5, 5.41) is 2.74. The van der Waals surface area contributed by atoms with Crippen LogP contribution < -0.4 is 11.1 Å². The van der Waals surface area contributed by atoms with Gasteiger partial charge in [-0.25, -0.2) is 9.97 Å². The molecule has 0 saturated heterocycles. The lowest BCUT2D eigenvalue weighted by atomic mass is 10.2. The Morgan fingerprint density at radius 1 is 1.29 bits per heavy atom. The number of carbonyl (C=O) groups is 2. The maximum absolute atomic E-state index is 12.2. The second kappa shape index (κ2) is 6.01. The number of hydrogen-bond donors (Lipinski definition) is 2. The molecule has 2 amide bonds. The zero-order valence-corrected chi connectivity index (χ0v) is 13.1. The van der Waals surface area contributed by atoms with Crippen LogP contribution in [0.2, 0.25) is 0 Å². The number of nitrogens with one attached hydrogen (secondary N) is 1. The number of benzene rings is 1. The number of amides is 2. The summed E-state index contributed by atoms with van der Waals surface area (Å²) in [7, 11) is 0. The van der Waals surface area contributed by atoms with Gasteiger partial charge in [-0.15, -0.1) is 0 Å². The van der Waals surface area contributed by atoms with E-state index in [1.165, 1.54) is 6.20 Å². The van der Waals surface area contributed by atoms with Crippen molar-refractivity contribution in [3.63, 3.8) is 0 Å². The summed E-state index contributed by atoms with van der Waals surface area (Å²) in [6.45, 7) is 3.50. The van der Waals surface area contributed by atoms with Crippen molar-refractivity contribution in [3.05, 3.63) is 51.5 Å². The van der Waals surface area contributed by atoms with E-state index in [0.717, 1.165) is 0 Å². The van der Waals surface area contributed by atoms with E-state index in [1.807, 2.05) is 0 Å². The highest BCUT2D eigenvalue weighted by Crippen LogP contribution is 2.24. The molecule has 0 bridgehead atoms. The number of aromatic nitrogens is 2. The lowest BCUT2D eigenvalue weighted by Gasteiger charge is -2.09. The standard InChI is InChI=1S/C14H13BrN4O2/c1-7-10(6-17-8(2)18-7)14(21)19-12-4-3-9(13(16)20)5-11(12)15/h3-6H,1-2H3,(H2,16,20)(H,19,21). The van der Waals surface area contributed by atoms with E-state index in [-0.39, 0.29) is 5.91 Å². The van der Waals surface area contributed by atoms with Crippen LogP contribution in [0.1, 0.15) is 32.2 Å². The number of rotatable bonds is 3. The van der Waals surface area contributed by atoms with Crippen molar-refractivity contribution in [2.24, 2.45) is 5.73 Å². The molecule has 0 radical (unpaired) electrons. The Morgan fingerprint density at radius 2 is 2.00 bits per heavy atom. The molecule has 2 aromatic rings. The fourth-order valence-electron chi connectivity index (χ4n) is 1.77. The molecule has 0 unspecified atom stereocenters. The summed E-state index contributed by atoms with van der Waals surface area (Å²) < 4.78 is 0.567. The Labute approximate surface area is 129 Å². The van der Waals surface area contributed by atoms with Gasteiger partial charge in [0.05, 0.1) is 16.9 Å². The third-order valence-corrected chi connectivity index (χ3v) is 3.50. The van der Waals surface area contributed by atoms with Crippen molar-refractivity contribution >= 4 is 33.4 Å². The lowest BCUT2D eigenvalue weighted by Crippen LogP contribution is -2.16. The predicted molar refractivity (Wildman–Crippen MR) is 82.1 cm³/mol. The summed E-state index contributed by atoms with van der Waals surface area (Å²) in [6, 6.07) is 4.70. The third-order valence-electron chi connectivity index (χ3n) is 2.85. The number of carbonyl (C=O) groups excluding carboxylic acids is 2. The van der Waals surface area contributed by atoms with E-state index in [9.17, 15) is 9.59 Å².